The maximum Gasteiger partial charge on any atom is 0.0584 e. The molecule has 0 bridgehead atoms. The highest BCUT2D eigenvalue weighted by molar-refractivity contribution is 7.07. The van der Waals surface area contributed by atoms with Crippen LogP contribution in [0.25, 0.3) is 0 Å². The van der Waals surface area contributed by atoms with E-state index in [1.165, 1.54) is 5.56 Å². The second-order valence-corrected chi connectivity index (χ2v) is 3.58. The molecular weight excluding hydrogens is 170 g/mol. The first-order chi connectivity index (χ1) is 5.86. The van der Waals surface area contributed by atoms with E-state index in [0.717, 1.165) is 13.0 Å². The van der Waals surface area contributed by atoms with Gasteiger partial charge in [0.15, 0.2) is 0 Å². The molecule has 0 aliphatic carbocycles. The molecule has 12 heavy (non-hydrogen) atoms. The van der Waals surface area contributed by atoms with Crippen molar-refractivity contribution < 1.29 is 5.11 Å². The average molecular weight is 185 g/mol. The molecule has 0 aromatic carbocycles. The van der Waals surface area contributed by atoms with Crippen molar-refractivity contribution in [3.05, 3.63) is 22.4 Å². The number of rotatable bonds is 5. The summed E-state index contributed by atoms with van der Waals surface area (Å²) in [7, 11) is 0. The van der Waals surface area contributed by atoms with Gasteiger partial charge in [0.2, 0.25) is 0 Å². The number of thiophene rings is 1. The lowest BCUT2D eigenvalue weighted by Gasteiger charge is -2.12. The van der Waals surface area contributed by atoms with Crippen molar-refractivity contribution in [2.24, 2.45) is 0 Å². The molecule has 3 heteroatoms. The van der Waals surface area contributed by atoms with Gasteiger partial charge in [-0.15, -0.1) is 0 Å². The molecule has 0 saturated carbocycles. The van der Waals surface area contributed by atoms with Gasteiger partial charge < -0.3 is 10.4 Å². The highest BCUT2D eigenvalue weighted by Gasteiger charge is 2.02. The minimum absolute atomic E-state index is 0.223. The van der Waals surface area contributed by atoms with Gasteiger partial charge in [0.05, 0.1) is 6.61 Å². The van der Waals surface area contributed by atoms with Crippen molar-refractivity contribution in [2.45, 2.75) is 25.9 Å². The van der Waals surface area contributed by atoms with Crippen LogP contribution < -0.4 is 5.32 Å². The predicted molar refractivity (Wildman–Crippen MR) is 52.3 cm³/mol. The molecule has 1 atom stereocenters. The lowest BCUT2D eigenvalue weighted by atomic mass is 10.2. The maximum absolute atomic E-state index is 8.89. The zero-order chi connectivity index (χ0) is 8.81. The Kier molecular flexibility index (Phi) is 4.29. The largest absolute Gasteiger partial charge is 0.395 e. The van der Waals surface area contributed by atoms with E-state index >= 15 is 0 Å². The fourth-order valence-corrected chi connectivity index (χ4v) is 1.66. The second kappa shape index (κ2) is 5.30. The minimum Gasteiger partial charge on any atom is -0.395 e. The quantitative estimate of drug-likeness (QED) is 0.730. The molecule has 0 radical (unpaired) electrons. The zero-order valence-corrected chi connectivity index (χ0v) is 8.10. The Morgan fingerprint density at radius 3 is 3.00 bits per heavy atom. The van der Waals surface area contributed by atoms with Gasteiger partial charge in [-0.05, 0) is 28.8 Å². The Morgan fingerprint density at radius 1 is 1.67 bits per heavy atom. The topological polar surface area (TPSA) is 32.3 Å². The monoisotopic (exact) mass is 185 g/mol. The number of aliphatic hydroxyl groups is 1. The third-order valence-corrected chi connectivity index (χ3v) is 2.62. The van der Waals surface area contributed by atoms with Crippen LogP contribution in [0.4, 0.5) is 0 Å². The first-order valence-electron chi connectivity index (χ1n) is 4.22. The van der Waals surface area contributed by atoms with E-state index in [-0.39, 0.29) is 12.6 Å². The van der Waals surface area contributed by atoms with Crippen molar-refractivity contribution in [3.63, 3.8) is 0 Å². The van der Waals surface area contributed by atoms with Crippen LogP contribution in [0.15, 0.2) is 16.8 Å². The zero-order valence-electron chi connectivity index (χ0n) is 7.29. The molecule has 0 spiro atoms. The van der Waals surface area contributed by atoms with Crippen molar-refractivity contribution in [3.8, 4) is 0 Å². The maximum atomic E-state index is 8.89. The summed E-state index contributed by atoms with van der Waals surface area (Å²) in [6.07, 6.45) is 0.973. The summed E-state index contributed by atoms with van der Waals surface area (Å²) in [5.41, 5.74) is 1.30. The Hall–Kier alpha value is -0.380. The number of hydrogen-bond donors (Lipinski definition) is 2. The molecule has 0 unspecified atom stereocenters. The van der Waals surface area contributed by atoms with E-state index in [1.807, 2.05) is 0 Å². The number of hydrogen-bond acceptors (Lipinski definition) is 3. The molecule has 68 valence electrons. The normalized spacial score (nSPS) is 13.2. The molecular formula is C9H15NOS. The van der Waals surface area contributed by atoms with Crippen molar-refractivity contribution in [1.29, 1.82) is 0 Å². The third kappa shape index (κ3) is 2.93. The van der Waals surface area contributed by atoms with Crippen molar-refractivity contribution in [2.75, 3.05) is 6.61 Å². The van der Waals surface area contributed by atoms with E-state index < -0.39 is 0 Å². The first kappa shape index (κ1) is 9.71. The van der Waals surface area contributed by atoms with Gasteiger partial charge in [-0.3, -0.25) is 0 Å². The van der Waals surface area contributed by atoms with Gasteiger partial charge in [-0.2, -0.15) is 11.3 Å². The molecule has 0 aliphatic rings. The number of nitrogens with one attached hydrogen (secondary N) is 1. The number of aliphatic hydroxyl groups excluding tert-OH is 1. The summed E-state index contributed by atoms with van der Waals surface area (Å²) in [4.78, 5) is 0. The van der Waals surface area contributed by atoms with E-state index in [4.69, 9.17) is 5.11 Å². The summed E-state index contributed by atoms with van der Waals surface area (Å²) in [6, 6.07) is 2.34. The molecule has 0 aliphatic heterocycles. The van der Waals surface area contributed by atoms with E-state index in [0.29, 0.717) is 0 Å². The van der Waals surface area contributed by atoms with Crippen molar-refractivity contribution >= 4 is 11.3 Å². The fraction of sp³-hybridized carbons (Fsp3) is 0.556. The molecule has 1 rings (SSSR count). The second-order valence-electron chi connectivity index (χ2n) is 2.80. The summed E-state index contributed by atoms with van der Waals surface area (Å²) in [5.74, 6) is 0. The Morgan fingerprint density at radius 2 is 2.50 bits per heavy atom. The van der Waals surface area contributed by atoms with E-state index in [9.17, 15) is 0 Å². The van der Waals surface area contributed by atoms with Crippen LogP contribution in [-0.2, 0) is 6.54 Å². The molecule has 1 aromatic rings. The smallest absolute Gasteiger partial charge is 0.0584 e. The fourth-order valence-electron chi connectivity index (χ4n) is 0.993. The molecule has 0 saturated heterocycles. The molecule has 1 heterocycles. The summed E-state index contributed by atoms with van der Waals surface area (Å²) in [6.45, 7) is 3.16. The molecule has 0 fully saturated rings. The molecule has 1 aromatic heterocycles. The summed E-state index contributed by atoms with van der Waals surface area (Å²) >= 11 is 1.70. The van der Waals surface area contributed by atoms with E-state index in [1.54, 1.807) is 11.3 Å². The van der Waals surface area contributed by atoms with Gasteiger partial charge in [0.1, 0.15) is 0 Å². The van der Waals surface area contributed by atoms with Gasteiger partial charge in [-0.1, -0.05) is 6.92 Å². The minimum atomic E-state index is 0.223. The molecule has 2 N–H and O–H groups in total. The Balaban J connectivity index is 2.25. The van der Waals surface area contributed by atoms with Gasteiger partial charge in [0.25, 0.3) is 0 Å². The van der Waals surface area contributed by atoms with Crippen LogP contribution in [0.5, 0.6) is 0 Å². The summed E-state index contributed by atoms with van der Waals surface area (Å²) < 4.78 is 0. The van der Waals surface area contributed by atoms with Crippen LogP contribution >= 0.6 is 11.3 Å². The van der Waals surface area contributed by atoms with Gasteiger partial charge in [0, 0.05) is 12.6 Å². The van der Waals surface area contributed by atoms with Crippen LogP contribution in [-0.4, -0.2) is 17.8 Å². The van der Waals surface area contributed by atoms with Crippen LogP contribution in [0.3, 0.4) is 0 Å². The standard InChI is InChI=1S/C9H15NOS/c1-2-9(6-11)10-5-8-3-4-12-7-8/h3-4,7,9-11H,2,5-6H2,1H3/t9-/m1/s1. The van der Waals surface area contributed by atoms with Crippen molar-refractivity contribution in [1.82, 2.24) is 5.32 Å². The van der Waals surface area contributed by atoms with Crippen LogP contribution in [0, 0.1) is 0 Å². The molecule has 2 nitrogen and oxygen atoms in total. The van der Waals surface area contributed by atoms with Crippen LogP contribution in [0.2, 0.25) is 0 Å². The van der Waals surface area contributed by atoms with Gasteiger partial charge >= 0.3 is 0 Å². The predicted octanol–water partition coefficient (Wildman–Crippen LogP) is 1.61. The highest BCUT2D eigenvalue weighted by Crippen LogP contribution is 2.05. The lowest BCUT2D eigenvalue weighted by molar-refractivity contribution is 0.238. The highest BCUT2D eigenvalue weighted by atomic mass is 32.1. The van der Waals surface area contributed by atoms with E-state index in [2.05, 4.69) is 29.1 Å². The SMILES string of the molecule is CC[C@H](CO)NCc1ccsc1. The average Bonchev–Trinajstić information content (AvgIpc) is 2.59. The molecule has 0 amide bonds. The Bertz CT molecular complexity index is 194. The summed E-state index contributed by atoms with van der Waals surface area (Å²) in [5, 5.41) is 16.4. The van der Waals surface area contributed by atoms with Gasteiger partial charge in [-0.25, -0.2) is 0 Å². The Labute approximate surface area is 77.2 Å². The lowest BCUT2D eigenvalue weighted by Crippen LogP contribution is -2.30. The third-order valence-electron chi connectivity index (χ3n) is 1.89. The first-order valence-corrected chi connectivity index (χ1v) is 5.16. The van der Waals surface area contributed by atoms with Crippen LogP contribution in [0.1, 0.15) is 18.9 Å².